The van der Waals surface area contributed by atoms with Gasteiger partial charge in [0.05, 0.1) is 12.7 Å². The monoisotopic (exact) mass is 363 g/mol. The van der Waals surface area contributed by atoms with E-state index >= 15 is 0 Å². The third kappa shape index (κ3) is 5.73. The van der Waals surface area contributed by atoms with Gasteiger partial charge in [-0.2, -0.15) is 0 Å². The molecule has 0 aliphatic rings. The molecule has 0 bridgehead atoms. The Hall–Kier alpha value is -2.11. The maximum absolute atomic E-state index is 12.2. The van der Waals surface area contributed by atoms with E-state index in [1.807, 2.05) is 24.3 Å². The van der Waals surface area contributed by atoms with Crippen molar-refractivity contribution in [2.45, 2.75) is 32.8 Å². The predicted octanol–water partition coefficient (Wildman–Crippen LogP) is 3.46. The lowest BCUT2D eigenvalue weighted by atomic mass is 10.1. The third-order valence-corrected chi connectivity index (χ3v) is 3.74. The van der Waals surface area contributed by atoms with Gasteiger partial charge in [0.25, 0.3) is 0 Å². The smallest absolute Gasteiger partial charge is 0.345 e. The van der Waals surface area contributed by atoms with Crippen LogP contribution in [0.3, 0.4) is 0 Å². The van der Waals surface area contributed by atoms with Crippen LogP contribution in [0.25, 0.3) is 0 Å². The standard InChI is InChI=1S/C19H22ClNO4/c1-13(2)25-19(23)17-16(6-9-21-18(17)20)24-11-8-15-5-3-4-14(12-15)7-10-22/h3-6,9,12-13,22H,7-8,10-11H2,1-2H3. The lowest BCUT2D eigenvalue weighted by Gasteiger charge is -2.13. The van der Waals surface area contributed by atoms with Crippen molar-refractivity contribution in [3.63, 3.8) is 0 Å². The largest absolute Gasteiger partial charge is 0.492 e. The first-order chi connectivity index (χ1) is 12.0. The van der Waals surface area contributed by atoms with Crippen LogP contribution in [0.5, 0.6) is 5.75 Å². The second kappa shape index (κ2) is 9.39. The van der Waals surface area contributed by atoms with Gasteiger partial charge in [0.15, 0.2) is 0 Å². The minimum atomic E-state index is -0.548. The van der Waals surface area contributed by atoms with Crippen molar-refractivity contribution in [1.82, 2.24) is 4.98 Å². The summed E-state index contributed by atoms with van der Waals surface area (Å²) in [4.78, 5) is 16.1. The van der Waals surface area contributed by atoms with Gasteiger partial charge >= 0.3 is 5.97 Å². The van der Waals surface area contributed by atoms with E-state index in [9.17, 15) is 4.79 Å². The van der Waals surface area contributed by atoms with Crippen LogP contribution in [0.1, 0.15) is 35.3 Å². The van der Waals surface area contributed by atoms with Gasteiger partial charge in [0.2, 0.25) is 0 Å². The SMILES string of the molecule is CC(C)OC(=O)c1c(OCCc2cccc(CCO)c2)ccnc1Cl. The molecule has 1 aromatic heterocycles. The molecular formula is C19H22ClNO4. The van der Waals surface area contributed by atoms with Crippen molar-refractivity contribution in [1.29, 1.82) is 0 Å². The Balaban J connectivity index is 2.04. The lowest BCUT2D eigenvalue weighted by molar-refractivity contribution is 0.0373. The molecule has 0 radical (unpaired) electrons. The number of hydrogen-bond acceptors (Lipinski definition) is 5. The topological polar surface area (TPSA) is 68.7 Å². The van der Waals surface area contributed by atoms with Crippen molar-refractivity contribution in [2.75, 3.05) is 13.2 Å². The van der Waals surface area contributed by atoms with E-state index in [0.29, 0.717) is 25.2 Å². The van der Waals surface area contributed by atoms with Crippen molar-refractivity contribution < 1.29 is 19.4 Å². The summed E-state index contributed by atoms with van der Waals surface area (Å²) in [5.41, 5.74) is 2.32. The fourth-order valence-corrected chi connectivity index (χ4v) is 2.57. The van der Waals surface area contributed by atoms with Crippen LogP contribution in [0.2, 0.25) is 5.15 Å². The first-order valence-corrected chi connectivity index (χ1v) is 8.56. The van der Waals surface area contributed by atoms with Gasteiger partial charge < -0.3 is 14.6 Å². The van der Waals surface area contributed by atoms with Crippen LogP contribution in [-0.4, -0.2) is 35.4 Å². The number of nitrogens with zero attached hydrogens (tertiary/aromatic N) is 1. The highest BCUT2D eigenvalue weighted by atomic mass is 35.5. The molecule has 134 valence electrons. The number of benzene rings is 1. The number of aromatic nitrogens is 1. The normalized spacial score (nSPS) is 10.8. The molecule has 0 unspecified atom stereocenters. The van der Waals surface area contributed by atoms with Crippen LogP contribution in [0.4, 0.5) is 0 Å². The summed E-state index contributed by atoms with van der Waals surface area (Å²) >= 11 is 6.04. The molecule has 6 heteroatoms. The predicted molar refractivity (Wildman–Crippen MR) is 96.2 cm³/mol. The summed E-state index contributed by atoms with van der Waals surface area (Å²) in [5.74, 6) is -0.190. The zero-order valence-corrected chi connectivity index (χ0v) is 15.1. The van der Waals surface area contributed by atoms with Crippen molar-refractivity contribution in [2.24, 2.45) is 0 Å². The highest BCUT2D eigenvalue weighted by molar-refractivity contribution is 6.32. The van der Waals surface area contributed by atoms with Crippen LogP contribution in [0.15, 0.2) is 36.5 Å². The number of pyridine rings is 1. The summed E-state index contributed by atoms with van der Waals surface area (Å²) in [7, 11) is 0. The van der Waals surface area contributed by atoms with Crippen LogP contribution < -0.4 is 4.74 Å². The molecular weight excluding hydrogens is 342 g/mol. The van der Waals surface area contributed by atoms with E-state index in [0.717, 1.165) is 11.1 Å². The number of hydrogen-bond donors (Lipinski definition) is 1. The highest BCUT2D eigenvalue weighted by Crippen LogP contribution is 2.26. The number of carbonyl (C=O) groups excluding carboxylic acids is 1. The number of rotatable bonds is 8. The number of ether oxygens (including phenoxy) is 2. The van der Waals surface area contributed by atoms with E-state index in [2.05, 4.69) is 4.98 Å². The fraction of sp³-hybridized carbons (Fsp3) is 0.368. The van der Waals surface area contributed by atoms with Gasteiger partial charge in [-0.15, -0.1) is 0 Å². The van der Waals surface area contributed by atoms with Gasteiger partial charge in [-0.05, 0) is 37.5 Å². The average molecular weight is 364 g/mol. The molecule has 1 heterocycles. The summed E-state index contributed by atoms with van der Waals surface area (Å²) < 4.78 is 10.9. The lowest BCUT2D eigenvalue weighted by Crippen LogP contribution is -2.15. The quantitative estimate of drug-likeness (QED) is 0.574. The Labute approximate surface area is 152 Å². The van der Waals surface area contributed by atoms with Crippen LogP contribution in [0, 0.1) is 0 Å². The summed E-state index contributed by atoms with van der Waals surface area (Å²) in [6, 6.07) is 9.56. The van der Waals surface area contributed by atoms with Crippen LogP contribution >= 0.6 is 11.6 Å². The molecule has 0 saturated heterocycles. The van der Waals surface area contributed by atoms with E-state index in [4.69, 9.17) is 26.2 Å². The van der Waals surface area contributed by atoms with E-state index in [-0.39, 0.29) is 23.4 Å². The Bertz CT molecular complexity index is 718. The molecule has 2 rings (SSSR count). The molecule has 0 atom stereocenters. The summed E-state index contributed by atoms with van der Waals surface area (Å²) in [6.45, 7) is 4.03. The second-order valence-electron chi connectivity index (χ2n) is 5.82. The third-order valence-electron chi connectivity index (χ3n) is 3.45. The summed E-state index contributed by atoms with van der Waals surface area (Å²) in [5, 5.41) is 9.08. The molecule has 25 heavy (non-hydrogen) atoms. The maximum Gasteiger partial charge on any atom is 0.345 e. The number of aliphatic hydroxyl groups is 1. The minimum Gasteiger partial charge on any atom is -0.492 e. The number of carbonyl (C=O) groups is 1. The molecule has 1 aromatic carbocycles. The maximum atomic E-state index is 12.2. The van der Waals surface area contributed by atoms with Gasteiger partial charge in [-0.25, -0.2) is 9.78 Å². The van der Waals surface area contributed by atoms with Crippen molar-refractivity contribution in [3.8, 4) is 5.75 Å². The number of esters is 1. The molecule has 5 nitrogen and oxygen atoms in total. The molecule has 0 aliphatic carbocycles. The molecule has 0 amide bonds. The van der Waals surface area contributed by atoms with Gasteiger partial charge in [0.1, 0.15) is 16.5 Å². The Morgan fingerprint density at radius 1 is 1.24 bits per heavy atom. The van der Waals surface area contributed by atoms with E-state index < -0.39 is 5.97 Å². The first-order valence-electron chi connectivity index (χ1n) is 8.18. The molecule has 2 aromatic rings. The Morgan fingerprint density at radius 2 is 1.96 bits per heavy atom. The zero-order chi connectivity index (χ0) is 18.2. The Morgan fingerprint density at radius 3 is 2.64 bits per heavy atom. The number of halogens is 1. The average Bonchev–Trinajstić information content (AvgIpc) is 2.55. The minimum absolute atomic E-state index is 0.0630. The number of aliphatic hydroxyl groups excluding tert-OH is 1. The highest BCUT2D eigenvalue weighted by Gasteiger charge is 2.20. The van der Waals surface area contributed by atoms with Crippen LogP contribution in [-0.2, 0) is 17.6 Å². The van der Waals surface area contributed by atoms with Crippen molar-refractivity contribution in [3.05, 3.63) is 58.4 Å². The molecule has 0 spiro atoms. The van der Waals surface area contributed by atoms with Crippen molar-refractivity contribution >= 4 is 17.6 Å². The molecule has 0 saturated carbocycles. The molecule has 0 fully saturated rings. The van der Waals surface area contributed by atoms with Gasteiger partial charge in [-0.1, -0.05) is 35.9 Å². The Kier molecular flexibility index (Phi) is 7.22. The fourth-order valence-electron chi connectivity index (χ4n) is 2.35. The molecule has 1 N–H and O–H groups in total. The summed E-state index contributed by atoms with van der Waals surface area (Å²) in [6.07, 6.45) is 2.52. The van der Waals surface area contributed by atoms with E-state index in [1.54, 1.807) is 19.9 Å². The van der Waals surface area contributed by atoms with Gasteiger partial charge in [-0.3, -0.25) is 0 Å². The second-order valence-corrected chi connectivity index (χ2v) is 6.18. The van der Waals surface area contributed by atoms with E-state index in [1.165, 1.54) is 6.20 Å². The first kappa shape index (κ1) is 19.2. The van der Waals surface area contributed by atoms with Gasteiger partial charge in [0, 0.05) is 19.2 Å². The molecule has 0 aliphatic heterocycles. The zero-order valence-electron chi connectivity index (χ0n) is 14.4.